The molecule has 0 saturated carbocycles. The topological polar surface area (TPSA) is 99.3 Å². The molecule has 0 bridgehead atoms. The van der Waals surface area contributed by atoms with Crippen LogP contribution in [0.3, 0.4) is 0 Å². The van der Waals surface area contributed by atoms with Crippen LogP contribution in [0.15, 0.2) is 24.3 Å². The third-order valence-electron chi connectivity index (χ3n) is 3.90. The number of ketones is 1. The van der Waals surface area contributed by atoms with Crippen molar-refractivity contribution in [3.05, 3.63) is 52.3 Å². The van der Waals surface area contributed by atoms with Crippen LogP contribution in [0, 0.1) is 6.92 Å². The molecule has 3 N–H and O–H groups in total. The van der Waals surface area contributed by atoms with Crippen molar-refractivity contribution in [3.63, 3.8) is 0 Å². The second kappa shape index (κ2) is 8.71. The number of amides is 1. The van der Waals surface area contributed by atoms with Gasteiger partial charge in [-0.05, 0) is 43.5 Å². The van der Waals surface area contributed by atoms with Gasteiger partial charge in [0, 0.05) is 22.7 Å². The van der Waals surface area contributed by atoms with Gasteiger partial charge in [0.25, 0.3) is 5.91 Å². The molecule has 1 heterocycles. The Kier molecular flexibility index (Phi) is 6.63. The van der Waals surface area contributed by atoms with E-state index in [2.05, 4.69) is 10.3 Å². The Hall–Kier alpha value is -2.54. The molecule has 2 rings (SSSR count). The molecule has 0 aliphatic rings. The molecule has 0 spiro atoms. The molecule has 0 atom stereocenters. The number of carbonyl (C=O) groups excluding carboxylic acids is 2. The van der Waals surface area contributed by atoms with Crippen molar-refractivity contribution in [2.45, 2.75) is 32.9 Å². The quantitative estimate of drug-likeness (QED) is 0.613. The number of aromatic amines is 1. The van der Waals surface area contributed by atoms with E-state index in [1.807, 2.05) is 25.1 Å². The lowest BCUT2D eigenvalue weighted by Crippen LogP contribution is -2.15. The smallest absolute Gasteiger partial charge is 0.313 e. The van der Waals surface area contributed by atoms with Crippen LogP contribution in [0.1, 0.15) is 51.5 Å². The van der Waals surface area contributed by atoms with E-state index in [1.165, 1.54) is 18.7 Å². The SMILES string of the molecule is CCc1c(C(=O)Nc2cccc(CSCC(=O)O)c2)[nH]c(C)c1C(C)=O. The number of nitrogens with one attached hydrogen (secondary N) is 2. The summed E-state index contributed by atoms with van der Waals surface area (Å²) in [6.45, 7) is 5.19. The summed E-state index contributed by atoms with van der Waals surface area (Å²) in [7, 11) is 0. The number of hydrogen-bond acceptors (Lipinski definition) is 4. The van der Waals surface area contributed by atoms with Gasteiger partial charge in [-0.3, -0.25) is 14.4 Å². The van der Waals surface area contributed by atoms with Gasteiger partial charge in [-0.1, -0.05) is 19.1 Å². The highest BCUT2D eigenvalue weighted by Crippen LogP contribution is 2.22. The molecule has 1 amide bonds. The van der Waals surface area contributed by atoms with Crippen LogP contribution in [0.5, 0.6) is 0 Å². The Morgan fingerprint density at radius 1 is 1.27 bits per heavy atom. The molecule has 7 heteroatoms. The molecule has 0 aliphatic carbocycles. The number of H-pyrrole nitrogens is 1. The summed E-state index contributed by atoms with van der Waals surface area (Å²) in [5, 5.41) is 11.5. The Morgan fingerprint density at radius 2 is 2.00 bits per heavy atom. The van der Waals surface area contributed by atoms with Gasteiger partial charge in [-0.15, -0.1) is 11.8 Å². The van der Waals surface area contributed by atoms with Gasteiger partial charge in [-0.2, -0.15) is 0 Å². The van der Waals surface area contributed by atoms with Crippen molar-refractivity contribution >= 4 is 35.1 Å². The second-order valence-corrected chi connectivity index (χ2v) is 6.91. The largest absolute Gasteiger partial charge is 0.481 e. The first kappa shape index (κ1) is 19.8. The van der Waals surface area contributed by atoms with E-state index < -0.39 is 5.97 Å². The monoisotopic (exact) mass is 374 g/mol. The molecule has 0 radical (unpaired) electrons. The average molecular weight is 374 g/mol. The second-order valence-electron chi connectivity index (χ2n) is 5.93. The zero-order chi connectivity index (χ0) is 19.3. The predicted octanol–water partition coefficient (Wildman–Crippen LogP) is 3.66. The maximum absolute atomic E-state index is 12.7. The fourth-order valence-corrected chi connectivity index (χ4v) is 3.58. The number of carboxylic acid groups (broad SMARTS) is 1. The standard InChI is InChI=1S/C19H22N2O4S/c1-4-15-17(12(3)22)11(2)20-18(15)19(25)21-14-7-5-6-13(8-14)9-26-10-16(23)24/h5-8,20H,4,9-10H2,1-3H3,(H,21,25)(H,23,24). The molecule has 26 heavy (non-hydrogen) atoms. The van der Waals surface area contributed by atoms with Crippen molar-refractivity contribution < 1.29 is 19.5 Å². The number of thioether (sulfide) groups is 1. The molecule has 0 saturated heterocycles. The molecule has 1 aromatic carbocycles. The summed E-state index contributed by atoms with van der Waals surface area (Å²) in [5.41, 5.74) is 3.95. The Labute approximate surface area is 156 Å². The van der Waals surface area contributed by atoms with Gasteiger partial charge in [-0.25, -0.2) is 0 Å². The minimum atomic E-state index is -0.852. The van der Waals surface area contributed by atoms with Crippen molar-refractivity contribution in [3.8, 4) is 0 Å². The van der Waals surface area contributed by atoms with Gasteiger partial charge in [0.15, 0.2) is 5.78 Å². The van der Waals surface area contributed by atoms with E-state index in [0.717, 1.165) is 11.1 Å². The van der Waals surface area contributed by atoms with Gasteiger partial charge in [0.2, 0.25) is 0 Å². The van der Waals surface area contributed by atoms with Gasteiger partial charge >= 0.3 is 5.97 Å². The highest BCUT2D eigenvalue weighted by molar-refractivity contribution is 7.99. The number of anilines is 1. The third-order valence-corrected chi connectivity index (χ3v) is 4.89. The Bertz CT molecular complexity index is 842. The molecule has 2 aromatic rings. The number of rotatable bonds is 8. The zero-order valence-corrected chi connectivity index (χ0v) is 15.8. The predicted molar refractivity (Wildman–Crippen MR) is 103 cm³/mol. The van der Waals surface area contributed by atoms with Crippen LogP contribution in [0.2, 0.25) is 0 Å². The number of benzene rings is 1. The molecule has 0 fully saturated rings. The Balaban J connectivity index is 2.16. The van der Waals surface area contributed by atoms with E-state index in [9.17, 15) is 14.4 Å². The third kappa shape index (κ3) is 4.76. The van der Waals surface area contributed by atoms with Gasteiger partial charge in [0.1, 0.15) is 5.69 Å². The normalized spacial score (nSPS) is 10.6. The van der Waals surface area contributed by atoms with Crippen molar-refractivity contribution in [1.29, 1.82) is 0 Å². The maximum atomic E-state index is 12.7. The highest BCUT2D eigenvalue weighted by Gasteiger charge is 2.21. The summed E-state index contributed by atoms with van der Waals surface area (Å²) in [4.78, 5) is 38.1. The number of carbonyl (C=O) groups is 3. The molecule has 0 unspecified atom stereocenters. The lowest BCUT2D eigenvalue weighted by atomic mass is 10.0. The van der Waals surface area contributed by atoms with Gasteiger partial charge < -0.3 is 15.4 Å². The summed E-state index contributed by atoms with van der Waals surface area (Å²) in [5.74, 6) is -0.631. The van der Waals surface area contributed by atoms with Crippen molar-refractivity contribution in [2.24, 2.45) is 0 Å². The number of hydrogen-bond donors (Lipinski definition) is 3. The van der Waals surface area contributed by atoms with Crippen LogP contribution in [-0.4, -0.2) is 33.5 Å². The van der Waals surface area contributed by atoms with Crippen LogP contribution < -0.4 is 5.32 Å². The minimum absolute atomic E-state index is 0.0338. The molecular weight excluding hydrogens is 352 g/mol. The number of aromatic nitrogens is 1. The fourth-order valence-electron chi connectivity index (χ4n) is 2.89. The van der Waals surface area contributed by atoms with Crippen LogP contribution in [-0.2, 0) is 17.0 Å². The summed E-state index contributed by atoms with van der Waals surface area (Å²) < 4.78 is 0. The van der Waals surface area contributed by atoms with E-state index in [-0.39, 0.29) is 17.4 Å². The fraction of sp³-hybridized carbons (Fsp3) is 0.316. The van der Waals surface area contributed by atoms with E-state index >= 15 is 0 Å². The molecule has 0 aliphatic heterocycles. The Morgan fingerprint density at radius 3 is 2.62 bits per heavy atom. The summed E-state index contributed by atoms with van der Waals surface area (Å²) in [6.07, 6.45) is 0.577. The number of Topliss-reactive ketones (excluding diaryl/α,β-unsaturated/α-hetero) is 1. The zero-order valence-electron chi connectivity index (χ0n) is 15.0. The maximum Gasteiger partial charge on any atom is 0.313 e. The lowest BCUT2D eigenvalue weighted by Gasteiger charge is -2.08. The first-order valence-electron chi connectivity index (χ1n) is 8.25. The molecular formula is C19H22N2O4S. The minimum Gasteiger partial charge on any atom is -0.481 e. The first-order valence-corrected chi connectivity index (χ1v) is 9.41. The molecule has 1 aromatic heterocycles. The number of carboxylic acids is 1. The van der Waals surface area contributed by atoms with Crippen LogP contribution in [0.25, 0.3) is 0 Å². The number of aliphatic carboxylic acids is 1. The van der Waals surface area contributed by atoms with E-state index in [0.29, 0.717) is 34.8 Å². The van der Waals surface area contributed by atoms with Crippen LogP contribution >= 0.6 is 11.8 Å². The average Bonchev–Trinajstić information content (AvgIpc) is 2.91. The molecule has 138 valence electrons. The summed E-state index contributed by atoms with van der Waals surface area (Å²) in [6, 6.07) is 7.29. The lowest BCUT2D eigenvalue weighted by molar-refractivity contribution is -0.133. The number of aryl methyl sites for hydroxylation is 1. The van der Waals surface area contributed by atoms with E-state index in [1.54, 1.807) is 13.0 Å². The highest BCUT2D eigenvalue weighted by atomic mass is 32.2. The van der Waals surface area contributed by atoms with Crippen molar-refractivity contribution in [1.82, 2.24) is 4.98 Å². The van der Waals surface area contributed by atoms with E-state index in [4.69, 9.17) is 5.11 Å². The van der Waals surface area contributed by atoms with Crippen LogP contribution in [0.4, 0.5) is 5.69 Å². The first-order chi connectivity index (χ1) is 12.3. The van der Waals surface area contributed by atoms with Crippen molar-refractivity contribution in [2.75, 3.05) is 11.1 Å². The summed E-state index contributed by atoms with van der Waals surface area (Å²) >= 11 is 1.30. The molecule has 6 nitrogen and oxygen atoms in total. The van der Waals surface area contributed by atoms with Gasteiger partial charge in [0.05, 0.1) is 5.75 Å².